The average molecular weight is 416 g/mol. The van der Waals surface area contributed by atoms with Crippen LogP contribution in [0.1, 0.15) is 31.8 Å². The summed E-state index contributed by atoms with van der Waals surface area (Å²) in [7, 11) is 0. The van der Waals surface area contributed by atoms with Crippen molar-refractivity contribution in [2.75, 3.05) is 0 Å². The number of carbonyl (C=O) groups is 2. The third-order valence-electron chi connectivity index (χ3n) is 3.04. The molecule has 2 aromatic rings. The van der Waals surface area contributed by atoms with Gasteiger partial charge in [0.2, 0.25) is 0 Å². The van der Waals surface area contributed by atoms with E-state index in [9.17, 15) is 44.7 Å². The van der Waals surface area contributed by atoms with Gasteiger partial charge in [-0.2, -0.15) is 26.3 Å². The van der Waals surface area contributed by atoms with E-state index in [0.29, 0.717) is 24.3 Å². The minimum atomic E-state index is -4.87. The van der Waals surface area contributed by atoms with E-state index in [2.05, 4.69) is 0 Å². The summed E-state index contributed by atoms with van der Waals surface area (Å²) < 4.78 is 97.6. The zero-order chi connectivity index (χ0) is 21.9. The normalized spacial score (nSPS) is 11.4. The molecule has 2 rings (SSSR count). The summed E-state index contributed by atoms with van der Waals surface area (Å²) in [6.07, 6.45) is -9.53. The van der Waals surface area contributed by atoms with Gasteiger partial charge in [0.1, 0.15) is 11.6 Å². The van der Waals surface area contributed by atoms with E-state index in [0.717, 1.165) is 0 Å². The number of carboxylic acids is 2. The molecule has 0 radical (unpaired) electrons. The topological polar surface area (TPSA) is 74.6 Å². The molecule has 4 nitrogen and oxygen atoms in total. The van der Waals surface area contributed by atoms with E-state index in [1.165, 1.54) is 0 Å². The van der Waals surface area contributed by atoms with Crippen LogP contribution in [0.4, 0.5) is 35.1 Å². The smallest absolute Gasteiger partial charge is 0.417 e. The first kappa shape index (κ1) is 22.9. The van der Waals surface area contributed by atoms with E-state index >= 15 is 0 Å². The van der Waals surface area contributed by atoms with Crippen molar-refractivity contribution in [2.24, 2.45) is 0 Å². The molecule has 0 unspecified atom stereocenters. The third-order valence-corrected chi connectivity index (χ3v) is 3.04. The number of aromatic carboxylic acids is 2. The minimum Gasteiger partial charge on any atom is -0.478 e. The number of hydrogen-bond acceptors (Lipinski definition) is 2. The van der Waals surface area contributed by atoms with Gasteiger partial charge in [0.05, 0.1) is 22.3 Å². The van der Waals surface area contributed by atoms with Crippen molar-refractivity contribution in [3.63, 3.8) is 0 Å². The summed E-state index contributed by atoms with van der Waals surface area (Å²) >= 11 is 0. The van der Waals surface area contributed by atoms with Crippen LogP contribution in [0.25, 0.3) is 0 Å². The van der Waals surface area contributed by atoms with Crippen LogP contribution >= 0.6 is 0 Å². The molecule has 2 N–H and O–H groups in total. The van der Waals surface area contributed by atoms with E-state index in [1.54, 1.807) is 0 Å². The van der Waals surface area contributed by atoms with Crippen LogP contribution in [-0.4, -0.2) is 22.2 Å². The molecule has 0 aliphatic heterocycles. The lowest BCUT2D eigenvalue weighted by Crippen LogP contribution is -2.13. The van der Waals surface area contributed by atoms with Gasteiger partial charge in [-0.25, -0.2) is 18.4 Å². The van der Waals surface area contributed by atoms with Crippen molar-refractivity contribution >= 4 is 11.9 Å². The maximum atomic E-state index is 12.8. The monoisotopic (exact) mass is 416 g/mol. The molecule has 0 amide bonds. The molecule has 0 saturated carbocycles. The van der Waals surface area contributed by atoms with Crippen molar-refractivity contribution < 1.29 is 54.9 Å². The number of benzene rings is 2. The van der Waals surface area contributed by atoms with Crippen LogP contribution in [0.5, 0.6) is 0 Å². The van der Waals surface area contributed by atoms with Crippen LogP contribution in [-0.2, 0) is 12.4 Å². The van der Waals surface area contributed by atoms with Crippen LogP contribution < -0.4 is 0 Å². The first-order chi connectivity index (χ1) is 12.6. The number of carboxylic acid groups (broad SMARTS) is 2. The molecule has 0 heterocycles. The maximum absolute atomic E-state index is 12.8. The van der Waals surface area contributed by atoms with Gasteiger partial charge >= 0.3 is 24.3 Å². The molecule has 0 spiro atoms. The Morgan fingerprint density at radius 2 is 1.21 bits per heavy atom. The SMILES string of the molecule is O=C(O)c1ccc(C(F)(F)F)cc1F.O=C(O)c1ccc(F)cc1C(F)(F)F. The van der Waals surface area contributed by atoms with Gasteiger partial charge < -0.3 is 10.2 Å². The van der Waals surface area contributed by atoms with Crippen LogP contribution in [0.2, 0.25) is 0 Å². The number of alkyl halides is 6. The molecule has 28 heavy (non-hydrogen) atoms. The zero-order valence-electron chi connectivity index (χ0n) is 13.2. The standard InChI is InChI=1S/2C8H4F4O2/c9-4-1-2-5(7(13)14)6(3-4)8(10,11)12;9-6-3-4(8(10,11)12)1-2-5(6)7(13)14/h2*1-3H,(H,13,14). The molecule has 0 atom stereocenters. The van der Waals surface area contributed by atoms with E-state index in [4.69, 9.17) is 10.2 Å². The van der Waals surface area contributed by atoms with Crippen molar-refractivity contribution in [3.05, 3.63) is 70.3 Å². The Bertz CT molecular complexity index is 887. The van der Waals surface area contributed by atoms with Crippen molar-refractivity contribution in [2.45, 2.75) is 12.4 Å². The molecule has 12 heteroatoms. The Kier molecular flexibility index (Phi) is 6.72. The van der Waals surface area contributed by atoms with Crippen LogP contribution in [0.3, 0.4) is 0 Å². The van der Waals surface area contributed by atoms with E-state index < -0.39 is 58.2 Å². The van der Waals surface area contributed by atoms with Gasteiger partial charge in [0.25, 0.3) is 0 Å². The maximum Gasteiger partial charge on any atom is 0.417 e. The Morgan fingerprint density at radius 1 is 0.714 bits per heavy atom. The molecule has 0 saturated heterocycles. The Labute approximate surface area is 150 Å². The summed E-state index contributed by atoms with van der Waals surface area (Å²) in [4.78, 5) is 20.6. The van der Waals surface area contributed by atoms with Crippen molar-refractivity contribution in [3.8, 4) is 0 Å². The fourth-order valence-electron chi connectivity index (χ4n) is 1.80. The summed E-state index contributed by atoms with van der Waals surface area (Å²) in [6, 6.07) is 2.67. The second-order valence-electron chi connectivity index (χ2n) is 4.99. The zero-order valence-corrected chi connectivity index (χ0v) is 13.2. The number of halogens is 8. The third kappa shape index (κ3) is 5.93. The molecule has 0 bridgehead atoms. The molecule has 0 fully saturated rings. The van der Waals surface area contributed by atoms with Crippen LogP contribution in [0, 0.1) is 11.6 Å². The lowest BCUT2D eigenvalue weighted by molar-refractivity contribution is -0.138. The molecule has 0 aliphatic carbocycles. The highest BCUT2D eigenvalue weighted by molar-refractivity contribution is 5.89. The Morgan fingerprint density at radius 3 is 1.61 bits per heavy atom. The number of rotatable bonds is 2. The molecule has 0 aromatic heterocycles. The second kappa shape index (κ2) is 8.23. The number of hydrogen-bond donors (Lipinski definition) is 2. The highest BCUT2D eigenvalue weighted by atomic mass is 19.4. The highest BCUT2D eigenvalue weighted by Crippen LogP contribution is 2.32. The fraction of sp³-hybridized carbons (Fsp3) is 0.125. The van der Waals surface area contributed by atoms with Crippen molar-refractivity contribution in [1.82, 2.24) is 0 Å². The first-order valence-electron chi connectivity index (χ1n) is 6.84. The van der Waals surface area contributed by atoms with Crippen LogP contribution in [0.15, 0.2) is 36.4 Å². The Hall–Kier alpha value is -3.18. The Balaban J connectivity index is 0.000000280. The summed E-state index contributed by atoms with van der Waals surface area (Å²) in [5.41, 5.74) is -4.43. The first-order valence-corrected chi connectivity index (χ1v) is 6.84. The van der Waals surface area contributed by atoms with Gasteiger partial charge in [0.15, 0.2) is 0 Å². The minimum absolute atomic E-state index is 0.156. The lowest BCUT2D eigenvalue weighted by atomic mass is 10.1. The van der Waals surface area contributed by atoms with E-state index in [1.807, 2.05) is 0 Å². The second-order valence-corrected chi connectivity index (χ2v) is 4.99. The van der Waals surface area contributed by atoms with Gasteiger partial charge in [-0.1, -0.05) is 0 Å². The van der Waals surface area contributed by atoms with Gasteiger partial charge in [-0.05, 0) is 36.4 Å². The molecule has 0 aliphatic rings. The summed E-state index contributed by atoms with van der Waals surface area (Å²) in [5.74, 6) is -5.86. The van der Waals surface area contributed by atoms with Crippen molar-refractivity contribution in [1.29, 1.82) is 0 Å². The largest absolute Gasteiger partial charge is 0.478 e. The highest BCUT2D eigenvalue weighted by Gasteiger charge is 2.35. The molecular weight excluding hydrogens is 408 g/mol. The predicted octanol–water partition coefficient (Wildman–Crippen LogP) is 5.09. The fourth-order valence-corrected chi connectivity index (χ4v) is 1.80. The molecular formula is C16H8F8O4. The summed E-state index contributed by atoms with van der Waals surface area (Å²) in [5, 5.41) is 16.7. The molecule has 2 aromatic carbocycles. The molecule has 152 valence electrons. The quantitative estimate of drug-likeness (QED) is 0.670. The van der Waals surface area contributed by atoms with Gasteiger partial charge in [0, 0.05) is 0 Å². The van der Waals surface area contributed by atoms with E-state index in [-0.39, 0.29) is 12.1 Å². The predicted molar refractivity (Wildman–Crippen MR) is 76.7 cm³/mol. The van der Waals surface area contributed by atoms with Gasteiger partial charge in [-0.3, -0.25) is 0 Å². The summed E-state index contributed by atoms with van der Waals surface area (Å²) in [6.45, 7) is 0. The average Bonchev–Trinajstić information content (AvgIpc) is 2.53. The van der Waals surface area contributed by atoms with Gasteiger partial charge in [-0.15, -0.1) is 0 Å². The lowest BCUT2D eigenvalue weighted by Gasteiger charge is -2.09.